The highest BCUT2D eigenvalue weighted by Crippen LogP contribution is 2.37. The van der Waals surface area contributed by atoms with Crippen molar-refractivity contribution in [2.45, 2.75) is 32.4 Å². The van der Waals surface area contributed by atoms with Gasteiger partial charge >= 0.3 is 6.18 Å². The van der Waals surface area contributed by atoms with Crippen molar-refractivity contribution < 1.29 is 18.0 Å². The second-order valence-corrected chi connectivity index (χ2v) is 7.54. The molecule has 1 fully saturated rings. The fraction of sp³-hybridized carbons (Fsp3) is 0.389. The smallest absolute Gasteiger partial charge is 0.374 e. The van der Waals surface area contributed by atoms with E-state index in [9.17, 15) is 18.0 Å². The molecule has 27 heavy (non-hydrogen) atoms. The van der Waals surface area contributed by atoms with Gasteiger partial charge in [0, 0.05) is 18.8 Å². The summed E-state index contributed by atoms with van der Waals surface area (Å²) in [6.45, 7) is 2.87. The summed E-state index contributed by atoms with van der Waals surface area (Å²) in [6, 6.07) is 7.15. The average Bonchev–Trinajstić information content (AvgIpc) is 3.22. The monoisotopic (exact) mass is 394 g/mol. The minimum absolute atomic E-state index is 0.143. The lowest BCUT2D eigenvalue weighted by atomic mass is 10.0. The van der Waals surface area contributed by atoms with Gasteiger partial charge in [-0.15, -0.1) is 0 Å². The molecule has 0 saturated carbocycles. The first-order valence-electron chi connectivity index (χ1n) is 8.68. The van der Waals surface area contributed by atoms with Gasteiger partial charge in [-0.3, -0.25) is 4.79 Å². The molecule has 1 saturated heterocycles. The molecule has 2 aliphatic heterocycles. The van der Waals surface area contributed by atoms with Crippen molar-refractivity contribution in [3.63, 3.8) is 0 Å². The number of likely N-dealkylation sites (tertiary alicyclic amines) is 1. The first kappa shape index (κ1) is 18.0. The third-order valence-corrected chi connectivity index (χ3v) is 5.78. The second kappa shape index (κ2) is 6.63. The predicted octanol–water partition coefficient (Wildman–Crippen LogP) is 4.32. The van der Waals surface area contributed by atoms with Gasteiger partial charge in [-0.1, -0.05) is 23.5 Å². The van der Waals surface area contributed by atoms with E-state index >= 15 is 0 Å². The van der Waals surface area contributed by atoms with E-state index in [4.69, 9.17) is 0 Å². The van der Waals surface area contributed by atoms with Gasteiger partial charge < -0.3 is 4.90 Å². The zero-order chi connectivity index (χ0) is 19.2. The molecule has 4 rings (SSSR count). The van der Waals surface area contributed by atoms with Gasteiger partial charge in [0.25, 0.3) is 5.91 Å². The molecular weight excluding hydrogens is 377 g/mol. The highest BCUT2D eigenvalue weighted by molar-refractivity contribution is 7.22. The van der Waals surface area contributed by atoms with Crippen LogP contribution in [0.3, 0.4) is 0 Å². The van der Waals surface area contributed by atoms with Crippen LogP contribution in [-0.4, -0.2) is 40.8 Å². The fourth-order valence-corrected chi connectivity index (χ4v) is 4.31. The normalized spacial score (nSPS) is 20.4. The molecule has 0 N–H and O–H groups in total. The number of anilines is 1. The number of rotatable bonds is 2. The molecule has 0 atom stereocenters. The van der Waals surface area contributed by atoms with Gasteiger partial charge in [0.1, 0.15) is 0 Å². The lowest BCUT2D eigenvalue weighted by Crippen LogP contribution is -2.34. The number of allylic oxidation sites excluding steroid dienone is 1. The predicted molar refractivity (Wildman–Crippen MR) is 98.7 cm³/mol. The molecule has 2 aliphatic rings. The van der Waals surface area contributed by atoms with Crippen LogP contribution in [0.4, 0.5) is 18.3 Å². The van der Waals surface area contributed by atoms with Crippen molar-refractivity contribution >= 4 is 38.3 Å². The van der Waals surface area contributed by atoms with Gasteiger partial charge in [0.15, 0.2) is 5.71 Å². The highest BCUT2D eigenvalue weighted by Gasteiger charge is 2.49. The van der Waals surface area contributed by atoms with Gasteiger partial charge in [-0.25, -0.2) is 4.98 Å². The van der Waals surface area contributed by atoms with E-state index in [0.29, 0.717) is 24.3 Å². The van der Waals surface area contributed by atoms with E-state index < -0.39 is 17.8 Å². The van der Waals surface area contributed by atoms with Gasteiger partial charge in [-0.05, 0) is 38.3 Å². The number of halogens is 3. The Morgan fingerprint density at radius 2 is 1.85 bits per heavy atom. The summed E-state index contributed by atoms with van der Waals surface area (Å²) in [4.78, 5) is 19.0. The summed E-state index contributed by atoms with van der Waals surface area (Å²) in [5.74, 6) is -0.774. The molecule has 0 unspecified atom stereocenters. The Kier molecular flexibility index (Phi) is 4.41. The number of para-hydroxylation sites is 1. The maximum Gasteiger partial charge on any atom is 0.436 e. The van der Waals surface area contributed by atoms with Crippen molar-refractivity contribution in [3.05, 3.63) is 35.5 Å². The van der Waals surface area contributed by atoms with Crippen LogP contribution >= 0.6 is 11.3 Å². The molecular formula is C18H17F3N4OS. The van der Waals surface area contributed by atoms with Crippen LogP contribution in [-0.2, 0) is 4.79 Å². The van der Waals surface area contributed by atoms with Crippen molar-refractivity contribution in [1.82, 2.24) is 9.88 Å². The SMILES string of the molecule is CC(=C1C(=O)N(c2nc3ccccc3s2)N=C1C(F)(F)F)N1CCCCC1. The molecule has 1 aromatic carbocycles. The van der Waals surface area contributed by atoms with E-state index in [1.807, 2.05) is 11.0 Å². The van der Waals surface area contributed by atoms with E-state index in [1.165, 1.54) is 0 Å². The molecule has 1 aromatic heterocycles. The number of carbonyl (C=O) groups excluding carboxylic acids is 1. The molecule has 0 radical (unpaired) electrons. The molecule has 2 aromatic rings. The Morgan fingerprint density at radius 1 is 1.15 bits per heavy atom. The summed E-state index contributed by atoms with van der Waals surface area (Å²) < 4.78 is 41.7. The number of hydrogen-bond donors (Lipinski definition) is 0. The fourth-order valence-electron chi connectivity index (χ4n) is 3.39. The molecule has 5 nitrogen and oxygen atoms in total. The number of hydrazone groups is 1. The number of piperidine rings is 1. The van der Waals surface area contributed by atoms with Crippen LogP contribution in [0.2, 0.25) is 0 Å². The standard InChI is InChI=1S/C18H17F3N4OS/c1-11(24-9-5-2-6-10-24)14-15(18(19,20)21)23-25(16(14)26)17-22-12-7-3-4-8-13(12)27-17/h3-4,7-8H,2,5-6,9-10H2,1H3. The number of benzene rings is 1. The topological polar surface area (TPSA) is 48.8 Å². The summed E-state index contributed by atoms with van der Waals surface area (Å²) in [7, 11) is 0. The van der Waals surface area contributed by atoms with E-state index in [-0.39, 0.29) is 10.7 Å². The lowest BCUT2D eigenvalue weighted by Gasteiger charge is -2.30. The number of aromatic nitrogens is 1. The zero-order valence-electron chi connectivity index (χ0n) is 14.6. The number of carbonyl (C=O) groups is 1. The molecule has 0 bridgehead atoms. The van der Waals surface area contributed by atoms with E-state index in [2.05, 4.69) is 10.1 Å². The molecule has 142 valence electrons. The molecule has 3 heterocycles. The van der Waals surface area contributed by atoms with Crippen LogP contribution in [0, 0.1) is 0 Å². The minimum Gasteiger partial charge on any atom is -0.374 e. The van der Waals surface area contributed by atoms with Crippen LogP contribution < -0.4 is 5.01 Å². The number of amides is 1. The van der Waals surface area contributed by atoms with Gasteiger partial charge in [0.2, 0.25) is 5.13 Å². The summed E-state index contributed by atoms with van der Waals surface area (Å²) >= 11 is 1.14. The number of thiazole rings is 1. The third-order valence-electron chi connectivity index (χ3n) is 4.77. The van der Waals surface area contributed by atoms with E-state index in [0.717, 1.165) is 40.3 Å². The number of fused-ring (bicyclic) bond motifs is 1. The van der Waals surface area contributed by atoms with Crippen LogP contribution in [0.5, 0.6) is 0 Å². The Labute approximate surface area is 157 Å². The zero-order valence-corrected chi connectivity index (χ0v) is 15.4. The van der Waals surface area contributed by atoms with Crippen molar-refractivity contribution in [3.8, 4) is 0 Å². The number of hydrogen-bond acceptors (Lipinski definition) is 5. The second-order valence-electron chi connectivity index (χ2n) is 6.54. The average molecular weight is 394 g/mol. The third kappa shape index (κ3) is 3.20. The summed E-state index contributed by atoms with van der Waals surface area (Å²) in [6.07, 6.45) is -1.86. The largest absolute Gasteiger partial charge is 0.436 e. The van der Waals surface area contributed by atoms with Crippen molar-refractivity contribution in [2.24, 2.45) is 5.10 Å². The van der Waals surface area contributed by atoms with Crippen LogP contribution in [0.1, 0.15) is 26.2 Å². The summed E-state index contributed by atoms with van der Waals surface area (Å²) in [5.41, 5.74) is -0.558. The minimum atomic E-state index is -4.71. The maximum absolute atomic E-state index is 13.6. The Hall–Kier alpha value is -2.42. The number of nitrogens with zero attached hydrogens (tertiary/aromatic N) is 4. The Bertz CT molecular complexity index is 924. The van der Waals surface area contributed by atoms with Gasteiger partial charge in [-0.2, -0.15) is 23.3 Å². The first-order chi connectivity index (χ1) is 12.9. The van der Waals surface area contributed by atoms with Crippen molar-refractivity contribution in [2.75, 3.05) is 18.1 Å². The summed E-state index contributed by atoms with van der Waals surface area (Å²) in [5, 5.41) is 4.57. The van der Waals surface area contributed by atoms with E-state index in [1.54, 1.807) is 25.1 Å². The van der Waals surface area contributed by atoms with Gasteiger partial charge in [0.05, 0.1) is 15.8 Å². The van der Waals surface area contributed by atoms with Crippen LogP contribution in [0.25, 0.3) is 10.2 Å². The molecule has 0 spiro atoms. The highest BCUT2D eigenvalue weighted by atomic mass is 32.1. The van der Waals surface area contributed by atoms with Crippen LogP contribution in [0.15, 0.2) is 40.6 Å². The Morgan fingerprint density at radius 3 is 2.52 bits per heavy atom. The maximum atomic E-state index is 13.6. The molecule has 0 aliphatic carbocycles. The number of alkyl halides is 3. The Balaban J connectivity index is 1.79. The first-order valence-corrected chi connectivity index (χ1v) is 9.50. The quantitative estimate of drug-likeness (QED) is 0.713. The lowest BCUT2D eigenvalue weighted by molar-refractivity contribution is -0.114. The van der Waals surface area contributed by atoms with Crippen molar-refractivity contribution in [1.29, 1.82) is 0 Å². The molecule has 9 heteroatoms. The molecule has 1 amide bonds.